The van der Waals surface area contributed by atoms with E-state index in [9.17, 15) is 9.59 Å². The molecule has 7 heteroatoms. The van der Waals surface area contributed by atoms with Gasteiger partial charge in [0.15, 0.2) is 0 Å². The van der Waals surface area contributed by atoms with Gasteiger partial charge in [-0.1, -0.05) is 18.2 Å². The molecule has 3 aromatic rings. The molecule has 2 heterocycles. The van der Waals surface area contributed by atoms with Crippen molar-refractivity contribution in [2.45, 2.75) is 19.4 Å². The molecule has 3 rings (SSSR count). The molecular weight excluding hydrogens is 336 g/mol. The standard InChI is InChI=1S/C18H18N4O2S/c1-12(23)20-16(17-6-3-9-25-17)11-18(24)21-14-5-2-4-13(10-14)15-7-8-19-22-15/h2-10,16H,11H2,1H3,(H,19,22)(H,20,23)(H,21,24)/t16-/m1/s1. The molecular formula is C18H18N4O2S. The molecule has 0 aliphatic carbocycles. The summed E-state index contributed by atoms with van der Waals surface area (Å²) in [4.78, 5) is 24.8. The lowest BCUT2D eigenvalue weighted by Crippen LogP contribution is -2.29. The number of carbonyl (C=O) groups is 2. The highest BCUT2D eigenvalue weighted by atomic mass is 32.1. The van der Waals surface area contributed by atoms with Crippen molar-refractivity contribution in [3.8, 4) is 11.3 Å². The fourth-order valence-corrected chi connectivity index (χ4v) is 3.31. The fraction of sp³-hybridized carbons (Fsp3) is 0.167. The Morgan fingerprint density at radius 2 is 2.12 bits per heavy atom. The zero-order valence-corrected chi connectivity index (χ0v) is 14.5. The molecule has 1 atom stereocenters. The van der Waals surface area contributed by atoms with E-state index in [1.54, 1.807) is 6.20 Å². The van der Waals surface area contributed by atoms with E-state index in [0.29, 0.717) is 5.69 Å². The van der Waals surface area contributed by atoms with Gasteiger partial charge in [0.25, 0.3) is 0 Å². The molecule has 0 radical (unpaired) electrons. The summed E-state index contributed by atoms with van der Waals surface area (Å²) < 4.78 is 0. The maximum Gasteiger partial charge on any atom is 0.226 e. The minimum absolute atomic E-state index is 0.158. The van der Waals surface area contributed by atoms with Gasteiger partial charge in [0.2, 0.25) is 11.8 Å². The fourth-order valence-electron chi connectivity index (χ4n) is 2.54. The second kappa shape index (κ2) is 7.76. The van der Waals surface area contributed by atoms with Crippen molar-refractivity contribution in [2.75, 3.05) is 5.32 Å². The zero-order valence-electron chi connectivity index (χ0n) is 13.7. The number of amides is 2. The number of carbonyl (C=O) groups excluding carboxylic acids is 2. The Labute approximate surface area is 149 Å². The number of rotatable bonds is 6. The van der Waals surface area contributed by atoms with E-state index in [2.05, 4.69) is 20.8 Å². The number of H-pyrrole nitrogens is 1. The van der Waals surface area contributed by atoms with Crippen molar-refractivity contribution in [1.82, 2.24) is 15.5 Å². The van der Waals surface area contributed by atoms with Crippen LogP contribution in [0.15, 0.2) is 54.0 Å². The number of aromatic amines is 1. The molecule has 25 heavy (non-hydrogen) atoms. The van der Waals surface area contributed by atoms with Gasteiger partial charge in [0.1, 0.15) is 0 Å². The Hall–Kier alpha value is -2.93. The topological polar surface area (TPSA) is 86.9 Å². The molecule has 3 N–H and O–H groups in total. The third-order valence-corrected chi connectivity index (χ3v) is 4.60. The molecule has 1 aromatic carbocycles. The van der Waals surface area contributed by atoms with Gasteiger partial charge in [-0.25, -0.2) is 0 Å². The largest absolute Gasteiger partial charge is 0.348 e. The summed E-state index contributed by atoms with van der Waals surface area (Å²) in [5.41, 5.74) is 2.52. The Bertz CT molecular complexity index is 844. The number of nitrogens with zero attached hydrogens (tertiary/aromatic N) is 1. The monoisotopic (exact) mass is 354 g/mol. The molecule has 2 aromatic heterocycles. The van der Waals surface area contributed by atoms with Crippen LogP contribution in [0.5, 0.6) is 0 Å². The van der Waals surface area contributed by atoms with Crippen LogP contribution >= 0.6 is 11.3 Å². The molecule has 2 amide bonds. The molecule has 0 unspecified atom stereocenters. The lowest BCUT2D eigenvalue weighted by atomic mass is 10.1. The van der Waals surface area contributed by atoms with Crippen LogP contribution < -0.4 is 10.6 Å². The summed E-state index contributed by atoms with van der Waals surface area (Å²) in [6.07, 6.45) is 1.86. The van der Waals surface area contributed by atoms with Crippen LogP contribution in [0.3, 0.4) is 0 Å². The Morgan fingerprint density at radius 1 is 1.24 bits per heavy atom. The molecule has 128 valence electrons. The van der Waals surface area contributed by atoms with Crippen LogP contribution in [0.4, 0.5) is 5.69 Å². The number of nitrogens with one attached hydrogen (secondary N) is 3. The minimum Gasteiger partial charge on any atom is -0.348 e. The van der Waals surface area contributed by atoms with Gasteiger partial charge in [0, 0.05) is 29.2 Å². The quantitative estimate of drug-likeness (QED) is 0.634. The third kappa shape index (κ3) is 4.54. The number of hydrogen-bond donors (Lipinski definition) is 3. The van der Waals surface area contributed by atoms with Crippen LogP contribution in [0.2, 0.25) is 0 Å². The summed E-state index contributed by atoms with van der Waals surface area (Å²) in [6, 6.07) is 12.9. The molecule has 0 fully saturated rings. The van der Waals surface area contributed by atoms with Crippen molar-refractivity contribution >= 4 is 28.8 Å². The van der Waals surface area contributed by atoms with E-state index in [0.717, 1.165) is 16.1 Å². The predicted octanol–water partition coefficient (Wildman–Crippen LogP) is 3.34. The van der Waals surface area contributed by atoms with Crippen LogP contribution in [-0.4, -0.2) is 22.0 Å². The van der Waals surface area contributed by atoms with Crippen LogP contribution in [-0.2, 0) is 9.59 Å². The second-order valence-electron chi connectivity index (χ2n) is 5.57. The summed E-state index contributed by atoms with van der Waals surface area (Å²) >= 11 is 1.52. The van der Waals surface area contributed by atoms with Gasteiger partial charge < -0.3 is 10.6 Å². The molecule has 0 saturated heterocycles. The number of thiophene rings is 1. The molecule has 0 spiro atoms. The van der Waals surface area contributed by atoms with Crippen molar-refractivity contribution in [3.63, 3.8) is 0 Å². The van der Waals surface area contributed by atoms with Crippen molar-refractivity contribution in [1.29, 1.82) is 0 Å². The Kier molecular flexibility index (Phi) is 5.25. The van der Waals surface area contributed by atoms with Crippen LogP contribution in [0.25, 0.3) is 11.3 Å². The van der Waals surface area contributed by atoms with Gasteiger partial charge in [-0.3, -0.25) is 14.7 Å². The SMILES string of the molecule is CC(=O)N[C@H](CC(=O)Nc1cccc(-c2ccn[nH]2)c1)c1cccs1. The van der Waals surface area contributed by atoms with Gasteiger partial charge in [-0.15, -0.1) is 11.3 Å². The van der Waals surface area contributed by atoms with Crippen molar-refractivity contribution in [2.24, 2.45) is 0 Å². The second-order valence-corrected chi connectivity index (χ2v) is 6.55. The molecule has 0 saturated carbocycles. The zero-order chi connectivity index (χ0) is 17.6. The van der Waals surface area contributed by atoms with Gasteiger partial charge >= 0.3 is 0 Å². The van der Waals surface area contributed by atoms with E-state index >= 15 is 0 Å². The highest BCUT2D eigenvalue weighted by Crippen LogP contribution is 2.24. The van der Waals surface area contributed by atoms with Gasteiger partial charge in [-0.05, 0) is 29.6 Å². The van der Waals surface area contributed by atoms with Crippen LogP contribution in [0.1, 0.15) is 24.3 Å². The highest BCUT2D eigenvalue weighted by Gasteiger charge is 2.18. The minimum atomic E-state index is -0.326. The van der Waals surface area contributed by atoms with Gasteiger partial charge in [0.05, 0.1) is 18.2 Å². The lowest BCUT2D eigenvalue weighted by Gasteiger charge is -2.16. The summed E-state index contributed by atoms with van der Waals surface area (Å²) in [7, 11) is 0. The molecule has 0 aliphatic heterocycles. The maximum atomic E-state index is 12.4. The average Bonchev–Trinajstić information content (AvgIpc) is 3.28. The highest BCUT2D eigenvalue weighted by molar-refractivity contribution is 7.10. The smallest absolute Gasteiger partial charge is 0.226 e. The van der Waals surface area contributed by atoms with Crippen LogP contribution in [0, 0.1) is 0 Å². The third-order valence-electron chi connectivity index (χ3n) is 3.61. The first-order chi connectivity index (χ1) is 12.1. The van der Waals surface area contributed by atoms with E-state index in [1.165, 1.54) is 18.3 Å². The summed E-state index contributed by atoms with van der Waals surface area (Å²) in [6.45, 7) is 1.45. The Balaban J connectivity index is 1.69. The van der Waals surface area contributed by atoms with E-state index in [4.69, 9.17) is 0 Å². The molecule has 0 bridgehead atoms. The number of benzene rings is 1. The normalized spacial score (nSPS) is 11.7. The first-order valence-corrected chi connectivity index (χ1v) is 8.70. The van der Waals surface area contributed by atoms with E-state index < -0.39 is 0 Å². The number of anilines is 1. The van der Waals surface area contributed by atoms with E-state index in [-0.39, 0.29) is 24.3 Å². The maximum absolute atomic E-state index is 12.4. The summed E-state index contributed by atoms with van der Waals surface area (Å²) in [5.74, 6) is -0.318. The summed E-state index contributed by atoms with van der Waals surface area (Å²) in [5, 5.41) is 14.5. The lowest BCUT2D eigenvalue weighted by molar-refractivity contribution is -0.120. The van der Waals surface area contributed by atoms with Crippen molar-refractivity contribution < 1.29 is 9.59 Å². The van der Waals surface area contributed by atoms with Gasteiger partial charge in [-0.2, -0.15) is 5.10 Å². The van der Waals surface area contributed by atoms with E-state index in [1.807, 2.05) is 47.8 Å². The number of aromatic nitrogens is 2. The predicted molar refractivity (Wildman–Crippen MR) is 98.1 cm³/mol. The first kappa shape index (κ1) is 16.9. The molecule has 0 aliphatic rings. The average molecular weight is 354 g/mol. The Morgan fingerprint density at radius 3 is 2.80 bits per heavy atom. The number of hydrogen-bond acceptors (Lipinski definition) is 4. The first-order valence-electron chi connectivity index (χ1n) is 7.82. The van der Waals surface area contributed by atoms with Crippen molar-refractivity contribution in [3.05, 3.63) is 58.9 Å². The molecule has 6 nitrogen and oxygen atoms in total.